The van der Waals surface area contributed by atoms with Crippen LogP contribution in [0.2, 0.25) is 0 Å². The smallest absolute Gasteiger partial charge is 0.0594 e. The van der Waals surface area contributed by atoms with Crippen LogP contribution in [0, 0.1) is 0 Å². The minimum atomic E-state index is 0.858. The summed E-state index contributed by atoms with van der Waals surface area (Å²) >= 11 is 0. The maximum atomic E-state index is 5.38. The van der Waals surface area contributed by atoms with Gasteiger partial charge in [-0.2, -0.15) is 0 Å². The zero-order valence-corrected chi connectivity index (χ0v) is 12.3. The quantitative estimate of drug-likeness (QED) is 0.912. The van der Waals surface area contributed by atoms with Crippen LogP contribution < -0.4 is 5.32 Å². The fourth-order valence-corrected chi connectivity index (χ4v) is 2.55. The summed E-state index contributed by atoms with van der Waals surface area (Å²) in [7, 11) is 0. The van der Waals surface area contributed by atoms with Gasteiger partial charge in [0.25, 0.3) is 0 Å². The number of benzene rings is 2. The first kappa shape index (κ1) is 14.1. The monoisotopic (exact) mass is 282 g/mol. The molecule has 0 aromatic heterocycles. The van der Waals surface area contributed by atoms with E-state index in [2.05, 4.69) is 58.7 Å². The van der Waals surface area contributed by atoms with Crippen LogP contribution in [0.4, 0.5) is 5.69 Å². The summed E-state index contributed by atoms with van der Waals surface area (Å²) in [5.74, 6) is 0. The van der Waals surface area contributed by atoms with E-state index in [1.165, 1.54) is 16.8 Å². The van der Waals surface area contributed by atoms with Gasteiger partial charge in [0.05, 0.1) is 13.2 Å². The SMILES string of the molecule is c1ccc(CNc2ccc(CN3CCOCC3)cc2)cc1. The Morgan fingerprint density at radius 3 is 2.29 bits per heavy atom. The molecule has 3 rings (SSSR count). The minimum absolute atomic E-state index is 0.858. The lowest BCUT2D eigenvalue weighted by Gasteiger charge is -2.26. The lowest BCUT2D eigenvalue weighted by Crippen LogP contribution is -2.35. The molecule has 21 heavy (non-hydrogen) atoms. The molecule has 1 N–H and O–H groups in total. The van der Waals surface area contributed by atoms with E-state index in [1.54, 1.807) is 0 Å². The number of hydrogen-bond acceptors (Lipinski definition) is 3. The summed E-state index contributed by atoms with van der Waals surface area (Å²) in [5, 5.41) is 3.46. The normalized spacial score (nSPS) is 15.8. The van der Waals surface area contributed by atoms with E-state index in [4.69, 9.17) is 4.74 Å². The fraction of sp³-hybridized carbons (Fsp3) is 0.333. The molecule has 2 aromatic rings. The first-order valence-corrected chi connectivity index (χ1v) is 7.57. The Balaban J connectivity index is 1.51. The third-order valence-corrected chi connectivity index (χ3v) is 3.80. The Labute approximate surface area is 126 Å². The molecule has 0 radical (unpaired) electrons. The largest absolute Gasteiger partial charge is 0.381 e. The van der Waals surface area contributed by atoms with E-state index >= 15 is 0 Å². The van der Waals surface area contributed by atoms with Gasteiger partial charge in [0.15, 0.2) is 0 Å². The van der Waals surface area contributed by atoms with Crippen molar-refractivity contribution in [3.05, 3.63) is 65.7 Å². The number of ether oxygens (including phenoxy) is 1. The number of nitrogens with zero attached hydrogens (tertiary/aromatic N) is 1. The Morgan fingerprint density at radius 1 is 0.857 bits per heavy atom. The van der Waals surface area contributed by atoms with Crippen molar-refractivity contribution in [1.29, 1.82) is 0 Å². The second-order valence-electron chi connectivity index (χ2n) is 5.42. The number of morpholine rings is 1. The Bertz CT molecular complexity index is 533. The highest BCUT2D eigenvalue weighted by Crippen LogP contribution is 2.13. The van der Waals surface area contributed by atoms with E-state index in [-0.39, 0.29) is 0 Å². The van der Waals surface area contributed by atoms with Crippen molar-refractivity contribution in [2.75, 3.05) is 31.6 Å². The van der Waals surface area contributed by atoms with Crippen molar-refractivity contribution in [2.24, 2.45) is 0 Å². The molecule has 3 nitrogen and oxygen atoms in total. The first-order chi connectivity index (χ1) is 10.4. The average molecular weight is 282 g/mol. The Morgan fingerprint density at radius 2 is 1.57 bits per heavy atom. The highest BCUT2D eigenvalue weighted by atomic mass is 16.5. The molecule has 0 bridgehead atoms. The molecular formula is C18H22N2O. The highest BCUT2D eigenvalue weighted by Gasteiger charge is 2.10. The Kier molecular flexibility index (Phi) is 4.87. The van der Waals surface area contributed by atoms with Crippen LogP contribution in [-0.4, -0.2) is 31.2 Å². The maximum Gasteiger partial charge on any atom is 0.0594 e. The number of anilines is 1. The molecule has 1 aliphatic heterocycles. The van der Waals surface area contributed by atoms with Crippen molar-refractivity contribution >= 4 is 5.69 Å². The predicted octanol–water partition coefficient (Wildman–Crippen LogP) is 3.13. The molecule has 2 aromatic carbocycles. The third-order valence-electron chi connectivity index (χ3n) is 3.80. The summed E-state index contributed by atoms with van der Waals surface area (Å²) in [5.41, 5.74) is 3.83. The van der Waals surface area contributed by atoms with Crippen molar-refractivity contribution < 1.29 is 4.74 Å². The van der Waals surface area contributed by atoms with Crippen molar-refractivity contribution in [3.63, 3.8) is 0 Å². The van der Waals surface area contributed by atoms with Crippen molar-refractivity contribution in [2.45, 2.75) is 13.1 Å². The molecule has 0 saturated carbocycles. The summed E-state index contributed by atoms with van der Waals surface area (Å²) in [6, 6.07) is 19.2. The molecule has 0 aliphatic carbocycles. The molecule has 0 unspecified atom stereocenters. The van der Waals surface area contributed by atoms with Gasteiger partial charge in [0, 0.05) is 31.9 Å². The standard InChI is InChI=1S/C18H22N2O/c1-2-4-16(5-3-1)14-19-18-8-6-17(7-9-18)15-20-10-12-21-13-11-20/h1-9,19H,10-15H2. The number of hydrogen-bond donors (Lipinski definition) is 1. The summed E-state index contributed by atoms with van der Waals surface area (Å²) in [6.07, 6.45) is 0. The topological polar surface area (TPSA) is 24.5 Å². The zero-order valence-electron chi connectivity index (χ0n) is 12.3. The van der Waals surface area contributed by atoms with Gasteiger partial charge in [0.1, 0.15) is 0 Å². The van der Waals surface area contributed by atoms with Crippen LogP contribution in [-0.2, 0) is 17.8 Å². The van der Waals surface area contributed by atoms with Crippen LogP contribution in [0.15, 0.2) is 54.6 Å². The van der Waals surface area contributed by atoms with E-state index in [9.17, 15) is 0 Å². The molecule has 1 saturated heterocycles. The zero-order chi connectivity index (χ0) is 14.3. The van der Waals surface area contributed by atoms with Crippen LogP contribution in [0.1, 0.15) is 11.1 Å². The second-order valence-corrected chi connectivity index (χ2v) is 5.42. The molecule has 1 aliphatic rings. The van der Waals surface area contributed by atoms with Crippen molar-refractivity contribution in [1.82, 2.24) is 4.90 Å². The molecule has 0 spiro atoms. The van der Waals surface area contributed by atoms with E-state index in [0.717, 1.165) is 39.4 Å². The van der Waals surface area contributed by atoms with E-state index < -0.39 is 0 Å². The highest BCUT2D eigenvalue weighted by molar-refractivity contribution is 5.45. The average Bonchev–Trinajstić information content (AvgIpc) is 2.56. The lowest BCUT2D eigenvalue weighted by molar-refractivity contribution is 0.0342. The van der Waals surface area contributed by atoms with E-state index in [1.807, 2.05) is 6.07 Å². The fourth-order valence-electron chi connectivity index (χ4n) is 2.55. The van der Waals surface area contributed by atoms with E-state index in [0.29, 0.717) is 0 Å². The molecule has 0 amide bonds. The van der Waals surface area contributed by atoms with Gasteiger partial charge in [-0.05, 0) is 23.3 Å². The van der Waals surface area contributed by atoms with Crippen LogP contribution in [0.25, 0.3) is 0 Å². The molecule has 0 atom stereocenters. The van der Waals surface area contributed by atoms with Gasteiger partial charge in [-0.1, -0.05) is 42.5 Å². The number of rotatable bonds is 5. The summed E-state index contributed by atoms with van der Waals surface area (Å²) in [6.45, 7) is 5.67. The number of nitrogens with one attached hydrogen (secondary N) is 1. The molecule has 3 heteroatoms. The Hall–Kier alpha value is -1.84. The molecule has 110 valence electrons. The maximum absolute atomic E-state index is 5.38. The summed E-state index contributed by atoms with van der Waals surface area (Å²) < 4.78 is 5.38. The van der Waals surface area contributed by atoms with Gasteiger partial charge >= 0.3 is 0 Å². The third kappa shape index (κ3) is 4.31. The van der Waals surface area contributed by atoms with Gasteiger partial charge in [-0.3, -0.25) is 4.90 Å². The van der Waals surface area contributed by atoms with Crippen LogP contribution >= 0.6 is 0 Å². The molecule has 1 fully saturated rings. The summed E-state index contributed by atoms with van der Waals surface area (Å²) in [4.78, 5) is 2.44. The molecule has 1 heterocycles. The lowest BCUT2D eigenvalue weighted by atomic mass is 10.1. The van der Waals surface area contributed by atoms with Gasteiger partial charge < -0.3 is 10.1 Å². The predicted molar refractivity (Wildman–Crippen MR) is 86.3 cm³/mol. The minimum Gasteiger partial charge on any atom is -0.381 e. The van der Waals surface area contributed by atoms with Crippen LogP contribution in [0.5, 0.6) is 0 Å². The van der Waals surface area contributed by atoms with Gasteiger partial charge in [-0.25, -0.2) is 0 Å². The van der Waals surface area contributed by atoms with Crippen molar-refractivity contribution in [3.8, 4) is 0 Å². The first-order valence-electron chi connectivity index (χ1n) is 7.57. The van der Waals surface area contributed by atoms with Gasteiger partial charge in [0.2, 0.25) is 0 Å². The second kappa shape index (κ2) is 7.25. The molecular weight excluding hydrogens is 260 g/mol. The van der Waals surface area contributed by atoms with Gasteiger partial charge in [-0.15, -0.1) is 0 Å². The van der Waals surface area contributed by atoms with Crippen LogP contribution in [0.3, 0.4) is 0 Å².